The number of hydrogen-bond donors (Lipinski definition) is 3. The summed E-state index contributed by atoms with van der Waals surface area (Å²) in [5, 5.41) is 7.26. The number of nitrogens with one attached hydrogen (secondary N) is 3. The van der Waals surface area contributed by atoms with Crippen LogP contribution in [-0.2, 0) is 22.3 Å². The van der Waals surface area contributed by atoms with Crippen molar-refractivity contribution in [3.05, 3.63) is 46.7 Å². The molecule has 0 fully saturated rings. The highest BCUT2D eigenvalue weighted by Gasteiger charge is 2.38. The fourth-order valence-electron chi connectivity index (χ4n) is 2.18. The molecule has 1 aromatic carbocycles. The number of carbonyl (C=O) groups excluding carboxylic acids is 2. The molecule has 1 atom stereocenters. The number of rotatable bonds is 5. The second-order valence-corrected chi connectivity index (χ2v) is 5.85. The summed E-state index contributed by atoms with van der Waals surface area (Å²) in [4.78, 5) is 28.1. The molecule has 1 aromatic rings. The maximum atomic E-state index is 12.9. The molecule has 1 unspecified atom stereocenters. The van der Waals surface area contributed by atoms with E-state index in [0.29, 0.717) is 0 Å². The van der Waals surface area contributed by atoms with Gasteiger partial charge in [-0.05, 0) is 17.7 Å². The van der Waals surface area contributed by atoms with Crippen LogP contribution in [0.3, 0.4) is 0 Å². The van der Waals surface area contributed by atoms with Gasteiger partial charge < -0.3 is 16.0 Å². The van der Waals surface area contributed by atoms with Gasteiger partial charge in [0.15, 0.2) is 0 Å². The van der Waals surface area contributed by atoms with Gasteiger partial charge in [0, 0.05) is 25.4 Å². The van der Waals surface area contributed by atoms with Crippen LogP contribution in [-0.4, -0.2) is 23.7 Å². The van der Waals surface area contributed by atoms with Crippen LogP contribution in [0.2, 0.25) is 5.02 Å². The maximum Gasteiger partial charge on any atom is 0.417 e. The van der Waals surface area contributed by atoms with E-state index >= 15 is 0 Å². The van der Waals surface area contributed by atoms with Crippen LogP contribution in [0, 0.1) is 0 Å². The van der Waals surface area contributed by atoms with Crippen molar-refractivity contribution in [2.45, 2.75) is 31.7 Å². The number of aliphatic imine (C=N–C) groups is 1. The lowest BCUT2D eigenvalue weighted by molar-refractivity contribution is -0.137. The summed E-state index contributed by atoms with van der Waals surface area (Å²) in [5.74, 6) is -1.07. The molecule has 1 aliphatic rings. The first-order valence-electron chi connectivity index (χ1n) is 7.60. The van der Waals surface area contributed by atoms with Crippen LogP contribution in [0.1, 0.15) is 24.5 Å². The van der Waals surface area contributed by atoms with Crippen LogP contribution in [0.4, 0.5) is 13.2 Å². The Labute approximate surface area is 152 Å². The molecule has 2 rings (SSSR count). The van der Waals surface area contributed by atoms with E-state index in [1.54, 1.807) is 6.92 Å². The third kappa shape index (κ3) is 4.54. The molecule has 0 saturated carbocycles. The van der Waals surface area contributed by atoms with Crippen molar-refractivity contribution >= 4 is 29.6 Å². The fraction of sp³-hybridized carbons (Fsp3) is 0.312. The number of amides is 2. The van der Waals surface area contributed by atoms with Crippen molar-refractivity contribution in [1.29, 1.82) is 0 Å². The van der Waals surface area contributed by atoms with Gasteiger partial charge in [0.1, 0.15) is 0 Å². The minimum absolute atomic E-state index is 0.139. The van der Waals surface area contributed by atoms with E-state index in [2.05, 4.69) is 20.9 Å². The Balaban J connectivity index is 2.15. The fourth-order valence-corrected chi connectivity index (χ4v) is 2.41. The predicted molar refractivity (Wildman–Crippen MR) is 90.2 cm³/mol. The van der Waals surface area contributed by atoms with Crippen LogP contribution in [0.15, 0.2) is 35.6 Å². The Morgan fingerprint density at radius 2 is 2.08 bits per heavy atom. The Hall–Kier alpha value is -2.55. The molecule has 1 heterocycles. The number of benzene rings is 1. The van der Waals surface area contributed by atoms with Crippen LogP contribution in [0.25, 0.3) is 0 Å². The number of nitrogens with zero attached hydrogens (tertiary/aromatic N) is 1. The highest BCUT2D eigenvalue weighted by atomic mass is 35.5. The summed E-state index contributed by atoms with van der Waals surface area (Å²) in [7, 11) is 0. The van der Waals surface area contributed by atoms with Gasteiger partial charge in [-0.2, -0.15) is 13.2 Å². The monoisotopic (exact) mass is 388 g/mol. The Morgan fingerprint density at radius 3 is 2.65 bits per heavy atom. The van der Waals surface area contributed by atoms with E-state index in [1.165, 1.54) is 24.7 Å². The Kier molecular flexibility index (Phi) is 5.91. The van der Waals surface area contributed by atoms with Crippen molar-refractivity contribution in [3.8, 4) is 0 Å². The van der Waals surface area contributed by atoms with Crippen molar-refractivity contribution < 1.29 is 22.8 Å². The maximum absolute atomic E-state index is 12.9. The molecular formula is C16H16ClF3N4O2. The van der Waals surface area contributed by atoms with E-state index in [9.17, 15) is 22.8 Å². The largest absolute Gasteiger partial charge is 0.417 e. The van der Waals surface area contributed by atoms with Crippen LogP contribution < -0.4 is 16.0 Å². The number of hydrogen-bond acceptors (Lipinski definition) is 4. The first kappa shape index (κ1) is 19.8. The molecule has 10 heteroatoms. The average Bonchev–Trinajstić information content (AvgIpc) is 2.60. The summed E-state index contributed by atoms with van der Waals surface area (Å²) in [6, 6.07) is 3.35. The van der Waals surface area contributed by atoms with E-state index in [-0.39, 0.29) is 18.5 Å². The average molecular weight is 389 g/mol. The summed E-state index contributed by atoms with van der Waals surface area (Å²) in [6.45, 7) is 1.42. The lowest BCUT2D eigenvalue weighted by Crippen LogP contribution is -2.67. The van der Waals surface area contributed by atoms with Crippen molar-refractivity contribution in [1.82, 2.24) is 16.0 Å². The highest BCUT2D eigenvalue weighted by molar-refractivity contribution is 6.31. The first-order valence-corrected chi connectivity index (χ1v) is 7.98. The molecule has 0 aliphatic carbocycles. The van der Waals surface area contributed by atoms with Crippen molar-refractivity contribution in [2.24, 2.45) is 4.99 Å². The summed E-state index contributed by atoms with van der Waals surface area (Å²) >= 11 is 5.57. The van der Waals surface area contributed by atoms with E-state index in [0.717, 1.165) is 12.1 Å². The molecule has 0 saturated heterocycles. The minimum Gasteiger partial charge on any atom is -0.355 e. The standard InChI is InChI=1S/C16H16ClF3N4O2/c1-2-13(25)24-15(9-21-5-6-23-15)14(26)22-8-10-3-4-12(17)11(7-10)16(18,19)20/h3-7,9,23H,2,8H2,1H3,(H,22,26)(H,24,25). The van der Waals surface area contributed by atoms with Gasteiger partial charge >= 0.3 is 6.18 Å². The quantitative estimate of drug-likeness (QED) is 0.724. The van der Waals surface area contributed by atoms with Crippen LogP contribution >= 0.6 is 11.6 Å². The molecule has 140 valence electrons. The van der Waals surface area contributed by atoms with Gasteiger partial charge in [0.2, 0.25) is 11.6 Å². The predicted octanol–water partition coefficient (Wildman–Crippen LogP) is 2.34. The first-order chi connectivity index (χ1) is 12.2. The molecule has 0 aromatic heterocycles. The summed E-state index contributed by atoms with van der Waals surface area (Å²) in [5.41, 5.74) is -2.39. The second-order valence-electron chi connectivity index (χ2n) is 5.44. The normalized spacial score (nSPS) is 19.0. The van der Waals surface area contributed by atoms with Gasteiger partial charge in [-0.25, -0.2) is 0 Å². The van der Waals surface area contributed by atoms with Crippen molar-refractivity contribution in [3.63, 3.8) is 0 Å². The highest BCUT2D eigenvalue weighted by Crippen LogP contribution is 2.35. The second kappa shape index (κ2) is 7.77. The van der Waals surface area contributed by atoms with Gasteiger partial charge in [-0.3, -0.25) is 14.6 Å². The third-order valence-corrected chi connectivity index (χ3v) is 3.87. The number of carbonyl (C=O) groups is 2. The van der Waals surface area contributed by atoms with Gasteiger partial charge in [-0.1, -0.05) is 24.6 Å². The van der Waals surface area contributed by atoms with E-state index in [1.807, 2.05) is 0 Å². The molecule has 1 aliphatic heterocycles. The number of halogens is 4. The molecule has 6 nitrogen and oxygen atoms in total. The topological polar surface area (TPSA) is 82.6 Å². The summed E-state index contributed by atoms with van der Waals surface area (Å²) < 4.78 is 38.7. The van der Waals surface area contributed by atoms with Crippen LogP contribution in [0.5, 0.6) is 0 Å². The lowest BCUT2D eigenvalue weighted by atomic mass is 10.1. The Bertz CT molecular complexity index is 764. The molecule has 26 heavy (non-hydrogen) atoms. The molecule has 0 spiro atoms. The molecule has 0 bridgehead atoms. The smallest absolute Gasteiger partial charge is 0.355 e. The summed E-state index contributed by atoms with van der Waals surface area (Å²) in [6.07, 6.45) is -0.493. The van der Waals surface area contributed by atoms with Gasteiger partial charge in [-0.15, -0.1) is 0 Å². The molecule has 3 N–H and O–H groups in total. The zero-order valence-electron chi connectivity index (χ0n) is 13.7. The lowest BCUT2D eigenvalue weighted by Gasteiger charge is -2.31. The van der Waals surface area contributed by atoms with E-state index in [4.69, 9.17) is 11.6 Å². The number of alkyl halides is 3. The molecular weight excluding hydrogens is 373 g/mol. The molecule has 0 radical (unpaired) electrons. The molecule has 2 amide bonds. The minimum atomic E-state index is -4.60. The Morgan fingerprint density at radius 1 is 1.35 bits per heavy atom. The zero-order chi connectivity index (χ0) is 19.4. The van der Waals surface area contributed by atoms with Gasteiger partial charge in [0.25, 0.3) is 5.91 Å². The third-order valence-electron chi connectivity index (χ3n) is 3.54. The van der Waals surface area contributed by atoms with Gasteiger partial charge in [0.05, 0.1) is 16.8 Å². The SMILES string of the molecule is CCC(=O)NC1(C(=O)NCc2ccc(Cl)c(C(F)(F)F)c2)C=NC=CN1. The van der Waals surface area contributed by atoms with Crippen molar-refractivity contribution in [2.75, 3.05) is 0 Å². The van der Waals surface area contributed by atoms with E-state index < -0.39 is 34.2 Å². The zero-order valence-corrected chi connectivity index (χ0v) is 14.4.